The summed E-state index contributed by atoms with van der Waals surface area (Å²) in [5.41, 5.74) is 0. The monoisotopic (exact) mass is 988 g/mol. The fourth-order valence-electron chi connectivity index (χ4n) is 8.23. The van der Waals surface area contributed by atoms with Crippen LogP contribution in [0.15, 0.2) is 24.3 Å². The van der Waals surface area contributed by atoms with Gasteiger partial charge in [-0.3, -0.25) is 23.2 Å². The minimum Gasteiger partial charge on any atom is -0.462 e. The van der Waals surface area contributed by atoms with Gasteiger partial charge in [0.05, 0.1) is 43.5 Å². The highest BCUT2D eigenvalue weighted by molar-refractivity contribution is 7.47. The molecule has 1 heterocycles. The van der Waals surface area contributed by atoms with Crippen LogP contribution in [0.3, 0.4) is 0 Å². The number of aliphatic hydroxyl groups is 7. The van der Waals surface area contributed by atoms with Gasteiger partial charge >= 0.3 is 27.6 Å². The van der Waals surface area contributed by atoms with Crippen LogP contribution in [-0.4, -0.2) is 137 Å². The maximum Gasteiger partial charge on any atom is 0.472 e. The summed E-state index contributed by atoms with van der Waals surface area (Å²) >= 11 is 0. The van der Waals surface area contributed by atoms with E-state index in [0.717, 1.165) is 44.6 Å². The van der Waals surface area contributed by atoms with Crippen LogP contribution in [0.2, 0.25) is 0 Å². The van der Waals surface area contributed by atoms with E-state index in [0.29, 0.717) is 12.8 Å². The smallest absolute Gasteiger partial charge is 0.462 e. The van der Waals surface area contributed by atoms with E-state index >= 15 is 0 Å². The third-order valence-electron chi connectivity index (χ3n) is 12.1. The van der Waals surface area contributed by atoms with Crippen molar-refractivity contribution in [2.75, 3.05) is 13.2 Å². The average Bonchev–Trinajstić information content (AvgIpc) is 3.25. The third kappa shape index (κ3) is 24.8. The molecule has 13 atom stereocenters. The normalized spacial score (nSPS) is 31.9. The van der Waals surface area contributed by atoms with Crippen LogP contribution >= 0.6 is 15.6 Å². The van der Waals surface area contributed by atoms with Gasteiger partial charge in [0.1, 0.15) is 31.0 Å². The fraction of sp³-hybridized carbons (Fsp3) is 0.867. The lowest BCUT2D eigenvalue weighted by Crippen LogP contribution is -2.56. The minimum atomic E-state index is -5.75. The average molecular weight is 989 g/mol. The molecule has 1 saturated carbocycles. The molecule has 10 N–H and O–H groups in total. The Labute approximate surface area is 390 Å². The second-order valence-electron chi connectivity index (χ2n) is 17.8. The molecule has 19 nitrogen and oxygen atoms in total. The van der Waals surface area contributed by atoms with Crippen molar-refractivity contribution < 1.29 is 92.2 Å². The van der Waals surface area contributed by atoms with Crippen molar-refractivity contribution in [1.82, 2.24) is 0 Å². The highest BCUT2D eigenvalue weighted by atomic mass is 31.2. The van der Waals surface area contributed by atoms with Gasteiger partial charge in [0.2, 0.25) is 0 Å². The van der Waals surface area contributed by atoms with Gasteiger partial charge in [-0.1, -0.05) is 147 Å². The Bertz CT molecular complexity index is 1490. The topological polar surface area (TPSA) is 317 Å². The van der Waals surface area contributed by atoms with Crippen molar-refractivity contribution in [3.63, 3.8) is 0 Å². The van der Waals surface area contributed by atoms with Gasteiger partial charge in [-0.2, -0.15) is 0 Å². The summed E-state index contributed by atoms with van der Waals surface area (Å²) in [5, 5.41) is 79.2. The number of fused-ring (bicyclic) bond motifs is 4. The lowest BCUT2D eigenvalue weighted by atomic mass is 9.83. The number of aliphatic hydroxyl groups excluding tert-OH is 7. The van der Waals surface area contributed by atoms with Crippen LogP contribution in [-0.2, 0) is 41.8 Å². The molecule has 0 spiro atoms. The molecule has 1 aliphatic heterocycles. The summed E-state index contributed by atoms with van der Waals surface area (Å²) in [6, 6.07) is 0. The number of ether oxygens (including phenoxy) is 2. The minimum absolute atomic E-state index is 0.0524. The molecule has 0 radical (unpaired) electrons. The molecule has 2 bridgehead atoms. The predicted molar refractivity (Wildman–Crippen MR) is 243 cm³/mol. The molecule has 2 aliphatic rings. The van der Waals surface area contributed by atoms with E-state index in [9.17, 15) is 69.1 Å². The number of hydrogen-bond acceptors (Lipinski definition) is 16. The maximum absolute atomic E-state index is 13.6. The first-order valence-corrected chi connectivity index (χ1v) is 27.2. The Morgan fingerprint density at radius 3 is 1.94 bits per heavy atom. The molecular weight excluding hydrogens is 906 g/mol. The first kappa shape index (κ1) is 60.5. The number of cyclic esters (lactones) is 1. The molecule has 386 valence electrons. The summed E-state index contributed by atoms with van der Waals surface area (Å²) in [5.74, 6) is -4.71. The molecular formula is C45H82O19P2. The number of hydrogen-bond donors (Lipinski definition) is 10. The predicted octanol–water partition coefficient (Wildman–Crippen LogP) is 5.33. The van der Waals surface area contributed by atoms with Gasteiger partial charge in [0.25, 0.3) is 0 Å². The van der Waals surface area contributed by atoms with Crippen molar-refractivity contribution >= 4 is 27.6 Å². The Balaban J connectivity index is 2.25. The number of phosphoric acid groups is 2. The molecule has 0 aromatic carbocycles. The number of unbranched alkanes of at least 4 members (excludes halogenated alkanes) is 16. The number of carbonyl (C=O) groups is 2. The van der Waals surface area contributed by atoms with Gasteiger partial charge in [0.15, 0.2) is 6.10 Å². The van der Waals surface area contributed by atoms with Crippen molar-refractivity contribution in [2.24, 2.45) is 11.8 Å². The van der Waals surface area contributed by atoms with Gasteiger partial charge in [-0.25, -0.2) is 9.13 Å². The lowest BCUT2D eigenvalue weighted by molar-refractivity contribution is -0.165. The number of carbonyl (C=O) groups excluding carboxylic acids is 2. The molecule has 0 aromatic rings. The van der Waals surface area contributed by atoms with E-state index < -0.39 is 127 Å². The van der Waals surface area contributed by atoms with E-state index in [1.54, 1.807) is 0 Å². The first-order chi connectivity index (χ1) is 31.3. The van der Waals surface area contributed by atoms with Gasteiger partial charge in [-0.05, 0) is 19.3 Å². The van der Waals surface area contributed by atoms with Crippen molar-refractivity contribution in [1.29, 1.82) is 0 Å². The van der Waals surface area contributed by atoms with E-state index in [4.69, 9.17) is 23.0 Å². The SMILES string of the molecule is CCCCCCCCCCCCCCCCCC(=O)OC[C@@H]1COP(=O)(O)O[C@H]2[C@H](O)[C@@H](O)[C@H](O)[C@H](C/C=C\CC(=O)O1)[C@@H](O)C[C@@H](O)[C@H](C=C[C@H](O)CCCCC)[C@@H](O)[C@H]2OP(=O)(O)O. The molecule has 0 saturated heterocycles. The lowest BCUT2D eigenvalue weighted by Gasteiger charge is -2.38. The summed E-state index contributed by atoms with van der Waals surface area (Å²) in [6.07, 6.45) is 2.10. The van der Waals surface area contributed by atoms with Gasteiger partial charge in [-0.15, -0.1) is 0 Å². The van der Waals surface area contributed by atoms with Crippen LogP contribution in [0.25, 0.3) is 0 Å². The molecule has 1 aliphatic carbocycles. The zero-order valence-corrected chi connectivity index (χ0v) is 40.7. The Morgan fingerprint density at radius 1 is 0.803 bits per heavy atom. The number of allylic oxidation sites excluding steroid dienone is 1. The third-order valence-corrected chi connectivity index (χ3v) is 13.6. The second kappa shape index (κ2) is 33.0. The van der Waals surface area contributed by atoms with Gasteiger partial charge < -0.3 is 59.9 Å². The van der Waals surface area contributed by atoms with E-state index in [1.165, 1.54) is 82.4 Å². The molecule has 0 amide bonds. The molecule has 0 aromatic heterocycles. The largest absolute Gasteiger partial charge is 0.472 e. The summed E-state index contributed by atoms with van der Waals surface area (Å²) < 4.78 is 51.8. The number of rotatable bonds is 26. The Kier molecular flexibility index (Phi) is 30.3. The van der Waals surface area contributed by atoms with Crippen LogP contribution < -0.4 is 0 Å². The fourth-order valence-corrected chi connectivity index (χ4v) is 9.76. The van der Waals surface area contributed by atoms with E-state index in [1.807, 2.05) is 6.92 Å². The highest BCUT2D eigenvalue weighted by Crippen LogP contribution is 2.50. The standard InChI is InChI=1S/C45H82O19P2/c1-3-5-7-8-9-10-11-12-13-14-15-16-17-18-20-25-38(49)60-30-33-31-61-66(58,59)64-45-43(54)42(53)40(51)34(24-21-22-26-39(50)62-33)36(47)29-37(48)35(28-27-32(46)23-19-6-4-2)41(52)44(45)63-65(55,56)57/h21-22,27-28,32-37,40-48,51-54H,3-20,23-26,29-31H2,1-2H3,(H,58,59)(H2,55,56,57)/b22-21-,28-27?/t32-,33-,34-,35+,36+,37-,40-,41-,42+,43-,44-,45+/m1/s1. The van der Waals surface area contributed by atoms with E-state index in [2.05, 4.69) is 6.92 Å². The summed E-state index contributed by atoms with van der Waals surface area (Å²) in [6.45, 7) is 2.56. The van der Waals surface area contributed by atoms with Crippen LogP contribution in [0.5, 0.6) is 0 Å². The summed E-state index contributed by atoms with van der Waals surface area (Å²) in [4.78, 5) is 56.4. The van der Waals surface area contributed by atoms with Crippen LogP contribution in [0.1, 0.15) is 162 Å². The van der Waals surface area contributed by atoms with Crippen molar-refractivity contribution in [2.45, 2.75) is 223 Å². The first-order valence-electron chi connectivity index (χ1n) is 24.1. The zero-order valence-electron chi connectivity index (χ0n) is 39.0. The quantitative estimate of drug-likeness (QED) is 0.0227. The second-order valence-corrected chi connectivity index (χ2v) is 20.4. The maximum atomic E-state index is 13.6. The van der Waals surface area contributed by atoms with E-state index in [-0.39, 0.29) is 19.3 Å². The van der Waals surface area contributed by atoms with Crippen LogP contribution in [0, 0.1) is 11.8 Å². The van der Waals surface area contributed by atoms with Crippen molar-refractivity contribution in [3.8, 4) is 0 Å². The van der Waals surface area contributed by atoms with Crippen molar-refractivity contribution in [3.05, 3.63) is 24.3 Å². The number of phosphoric ester groups is 2. The molecule has 21 heteroatoms. The molecule has 2 rings (SSSR count). The van der Waals surface area contributed by atoms with Crippen LogP contribution in [0.4, 0.5) is 0 Å². The zero-order chi connectivity index (χ0) is 49.1. The Morgan fingerprint density at radius 2 is 1.36 bits per heavy atom. The van der Waals surface area contributed by atoms with Gasteiger partial charge in [0, 0.05) is 24.7 Å². The molecule has 66 heavy (non-hydrogen) atoms. The molecule has 1 fully saturated rings. The Hall–Kier alpha value is -1.64. The highest BCUT2D eigenvalue weighted by Gasteiger charge is 2.51. The summed E-state index contributed by atoms with van der Waals surface area (Å²) in [7, 11) is -11.4. The number of esters is 2. The molecule has 1 unspecified atom stereocenters.